The number of carboxylic acid groups (broad SMARTS) is 1. The van der Waals surface area contributed by atoms with Gasteiger partial charge in [-0.05, 0) is 69.8 Å². The van der Waals surface area contributed by atoms with Gasteiger partial charge in [0.05, 0.1) is 4.48 Å². The summed E-state index contributed by atoms with van der Waals surface area (Å²) in [7, 11) is 0. The van der Waals surface area contributed by atoms with E-state index in [0.29, 0.717) is 6.42 Å². The van der Waals surface area contributed by atoms with Gasteiger partial charge in [0.1, 0.15) is 11.2 Å². The monoisotopic (exact) mass is 421 g/mol. The van der Waals surface area contributed by atoms with Crippen LogP contribution in [-0.4, -0.2) is 45.9 Å². The molecule has 0 aromatic carbocycles. The average Bonchev–Trinajstić information content (AvgIpc) is 2.33. The summed E-state index contributed by atoms with van der Waals surface area (Å²) < 4.78 is 10.5. The molecular formula is C17H28BrNO6. The van der Waals surface area contributed by atoms with Crippen LogP contribution >= 0.6 is 15.9 Å². The van der Waals surface area contributed by atoms with Gasteiger partial charge in [-0.2, -0.15) is 0 Å². The lowest BCUT2D eigenvalue weighted by atomic mass is 10.1. The zero-order valence-electron chi connectivity index (χ0n) is 15.9. The van der Waals surface area contributed by atoms with E-state index >= 15 is 0 Å². The van der Waals surface area contributed by atoms with Crippen molar-refractivity contribution < 1.29 is 29.0 Å². The molecule has 25 heavy (non-hydrogen) atoms. The molecule has 0 radical (unpaired) electrons. The molecule has 0 aromatic rings. The summed E-state index contributed by atoms with van der Waals surface area (Å²) in [4.78, 5) is 36.4. The number of carbonyl (C=O) groups is 3. The van der Waals surface area contributed by atoms with E-state index in [0.717, 1.165) is 4.90 Å². The van der Waals surface area contributed by atoms with E-state index in [2.05, 4.69) is 15.9 Å². The van der Waals surface area contributed by atoms with E-state index in [1.54, 1.807) is 48.5 Å². The number of ether oxygens (including phenoxy) is 2. The zero-order valence-corrected chi connectivity index (χ0v) is 17.5. The van der Waals surface area contributed by atoms with E-state index < -0.39 is 29.4 Å². The van der Waals surface area contributed by atoms with Crippen LogP contribution in [0.25, 0.3) is 0 Å². The van der Waals surface area contributed by atoms with Gasteiger partial charge in [0.15, 0.2) is 0 Å². The van der Waals surface area contributed by atoms with Crippen molar-refractivity contribution in [1.29, 1.82) is 0 Å². The minimum Gasteiger partial charge on any atom is -0.477 e. The highest BCUT2D eigenvalue weighted by Crippen LogP contribution is 2.18. The molecule has 0 spiro atoms. The third-order valence-electron chi connectivity index (χ3n) is 2.67. The molecule has 0 aromatic heterocycles. The first-order chi connectivity index (χ1) is 11.1. The first-order valence-corrected chi connectivity index (χ1v) is 8.76. The maximum Gasteiger partial charge on any atom is 0.419 e. The molecule has 0 aliphatic carbocycles. The summed E-state index contributed by atoms with van der Waals surface area (Å²) >= 11 is 2.95. The van der Waals surface area contributed by atoms with Crippen LogP contribution in [0.5, 0.6) is 0 Å². The topological polar surface area (TPSA) is 93.1 Å². The van der Waals surface area contributed by atoms with Gasteiger partial charge < -0.3 is 14.6 Å². The van der Waals surface area contributed by atoms with Gasteiger partial charge in [-0.15, -0.1) is 0 Å². The zero-order chi connectivity index (χ0) is 20.0. The maximum absolute atomic E-state index is 12.3. The number of imide groups is 1. The van der Waals surface area contributed by atoms with Crippen LogP contribution in [0.3, 0.4) is 0 Å². The van der Waals surface area contributed by atoms with Crippen molar-refractivity contribution in [2.75, 3.05) is 6.54 Å². The Morgan fingerprint density at radius 1 is 1.04 bits per heavy atom. The summed E-state index contributed by atoms with van der Waals surface area (Å²) in [5.74, 6) is -1.26. The third kappa shape index (κ3) is 10.8. The summed E-state index contributed by atoms with van der Waals surface area (Å²) in [6.07, 6.45) is 0.274. The van der Waals surface area contributed by atoms with Crippen molar-refractivity contribution in [2.24, 2.45) is 5.92 Å². The van der Waals surface area contributed by atoms with E-state index in [4.69, 9.17) is 14.6 Å². The van der Waals surface area contributed by atoms with Crippen LogP contribution in [0.4, 0.5) is 9.59 Å². The molecule has 0 aliphatic heterocycles. The normalized spacial score (nSPS) is 13.8. The number of rotatable bonds is 5. The fourth-order valence-electron chi connectivity index (χ4n) is 1.63. The molecule has 0 rings (SSSR count). The van der Waals surface area contributed by atoms with Crippen LogP contribution < -0.4 is 0 Å². The first-order valence-electron chi connectivity index (χ1n) is 7.96. The molecule has 0 heterocycles. The van der Waals surface area contributed by atoms with Crippen molar-refractivity contribution in [1.82, 2.24) is 4.90 Å². The molecule has 8 heteroatoms. The molecule has 0 saturated carbocycles. The third-order valence-corrected chi connectivity index (χ3v) is 3.27. The Kier molecular flexibility index (Phi) is 8.64. The smallest absolute Gasteiger partial charge is 0.419 e. The van der Waals surface area contributed by atoms with Gasteiger partial charge in [0.2, 0.25) is 0 Å². The molecule has 1 N–H and O–H groups in total. The second-order valence-corrected chi connectivity index (χ2v) is 8.55. The van der Waals surface area contributed by atoms with E-state index in [-0.39, 0.29) is 16.9 Å². The van der Waals surface area contributed by atoms with Crippen LogP contribution in [0.2, 0.25) is 0 Å². The number of allylic oxidation sites excluding steroid dienone is 1. The minimum atomic E-state index is -1.08. The van der Waals surface area contributed by atoms with Gasteiger partial charge in [-0.1, -0.05) is 13.0 Å². The van der Waals surface area contributed by atoms with Crippen LogP contribution in [0.1, 0.15) is 54.9 Å². The Hall–Kier alpha value is -1.57. The summed E-state index contributed by atoms with van der Waals surface area (Å²) in [6, 6.07) is 0. The fourth-order valence-corrected chi connectivity index (χ4v) is 2.08. The number of carboxylic acids is 1. The largest absolute Gasteiger partial charge is 0.477 e. The van der Waals surface area contributed by atoms with Gasteiger partial charge in [-0.25, -0.2) is 19.3 Å². The first kappa shape index (κ1) is 23.4. The Labute approximate surface area is 157 Å². The number of aliphatic carboxylic acids is 1. The quantitative estimate of drug-likeness (QED) is 0.654. The molecule has 7 nitrogen and oxygen atoms in total. The standard InChI is InChI=1S/C17H28BrNO6/c1-11(10-12(18)13(20)21)8-9-19(14(22)24-16(2,3)4)15(23)25-17(5,6)7/h10-11H,8-9H2,1-7H3,(H,20,21). The molecular weight excluding hydrogens is 394 g/mol. The van der Waals surface area contributed by atoms with Gasteiger partial charge in [0, 0.05) is 6.54 Å². The average molecular weight is 422 g/mol. The van der Waals surface area contributed by atoms with Crippen molar-refractivity contribution >= 4 is 34.1 Å². The van der Waals surface area contributed by atoms with Gasteiger partial charge in [-0.3, -0.25) is 0 Å². The maximum atomic E-state index is 12.3. The van der Waals surface area contributed by atoms with Crippen molar-refractivity contribution in [3.63, 3.8) is 0 Å². The predicted molar refractivity (Wildman–Crippen MR) is 97.6 cm³/mol. The number of amides is 2. The molecule has 0 saturated heterocycles. The lowest BCUT2D eigenvalue weighted by Crippen LogP contribution is -2.44. The van der Waals surface area contributed by atoms with Crippen molar-refractivity contribution in [3.8, 4) is 0 Å². The Morgan fingerprint density at radius 2 is 1.44 bits per heavy atom. The number of hydrogen-bond donors (Lipinski definition) is 1. The van der Waals surface area contributed by atoms with Gasteiger partial charge in [0.25, 0.3) is 0 Å². The second kappa shape index (κ2) is 9.22. The highest BCUT2D eigenvalue weighted by molar-refractivity contribution is 9.12. The minimum absolute atomic E-state index is 0.0288. The molecule has 0 aliphatic rings. The lowest BCUT2D eigenvalue weighted by molar-refractivity contribution is -0.131. The Balaban J connectivity index is 5.14. The van der Waals surface area contributed by atoms with E-state index in [9.17, 15) is 14.4 Å². The number of halogens is 1. The van der Waals surface area contributed by atoms with Crippen LogP contribution in [-0.2, 0) is 14.3 Å². The summed E-state index contributed by atoms with van der Waals surface area (Å²) in [6.45, 7) is 12.0. The number of nitrogens with zero attached hydrogens (tertiary/aromatic N) is 1. The molecule has 2 amide bonds. The Morgan fingerprint density at radius 3 is 1.76 bits per heavy atom. The summed E-state index contributed by atoms with van der Waals surface area (Å²) in [5, 5.41) is 8.87. The van der Waals surface area contributed by atoms with E-state index in [1.807, 2.05) is 0 Å². The lowest BCUT2D eigenvalue weighted by Gasteiger charge is -2.29. The SMILES string of the molecule is CC(C=C(Br)C(=O)O)CCN(C(=O)OC(C)(C)C)C(=O)OC(C)(C)C. The summed E-state index contributed by atoms with van der Waals surface area (Å²) in [5.41, 5.74) is -1.51. The molecule has 1 atom stereocenters. The number of carbonyl (C=O) groups excluding carboxylic acids is 2. The molecule has 0 bridgehead atoms. The van der Waals surface area contributed by atoms with Crippen molar-refractivity contribution in [2.45, 2.75) is 66.1 Å². The Bertz CT molecular complexity index is 502. The fraction of sp³-hybridized carbons (Fsp3) is 0.706. The molecule has 144 valence electrons. The second-order valence-electron chi connectivity index (χ2n) is 7.70. The van der Waals surface area contributed by atoms with Crippen LogP contribution in [0.15, 0.2) is 10.6 Å². The van der Waals surface area contributed by atoms with Crippen molar-refractivity contribution in [3.05, 3.63) is 10.6 Å². The highest BCUT2D eigenvalue weighted by atomic mass is 79.9. The highest BCUT2D eigenvalue weighted by Gasteiger charge is 2.31. The molecule has 1 unspecified atom stereocenters. The van der Waals surface area contributed by atoms with E-state index in [1.165, 1.54) is 6.08 Å². The molecule has 0 fully saturated rings. The predicted octanol–water partition coefficient (Wildman–Crippen LogP) is 4.55. The van der Waals surface area contributed by atoms with Crippen LogP contribution in [0, 0.1) is 5.92 Å². The number of hydrogen-bond acceptors (Lipinski definition) is 5. The van der Waals surface area contributed by atoms with Gasteiger partial charge >= 0.3 is 18.2 Å².